The third-order valence-electron chi connectivity index (χ3n) is 6.22. The topological polar surface area (TPSA) is 80.3 Å². The molecule has 1 fully saturated rings. The Morgan fingerprint density at radius 2 is 2.06 bits per heavy atom. The monoisotopic (exact) mass is 454 g/mol. The van der Waals surface area contributed by atoms with Crippen molar-refractivity contribution in [3.8, 4) is 17.2 Å². The van der Waals surface area contributed by atoms with Crippen LogP contribution in [0.3, 0.4) is 0 Å². The Hall–Kier alpha value is -2.71. The second-order valence-electron chi connectivity index (χ2n) is 8.43. The summed E-state index contributed by atoms with van der Waals surface area (Å²) >= 11 is 6.47. The van der Waals surface area contributed by atoms with Gasteiger partial charge in [-0.1, -0.05) is 36.7 Å². The van der Waals surface area contributed by atoms with Crippen molar-refractivity contribution >= 4 is 17.5 Å². The molecule has 2 aliphatic rings. The van der Waals surface area contributed by atoms with E-state index in [1.807, 2.05) is 21.6 Å². The molecule has 1 aromatic carbocycles. The lowest BCUT2D eigenvalue weighted by atomic mass is 10.1. The van der Waals surface area contributed by atoms with Gasteiger partial charge in [-0.25, -0.2) is 4.98 Å². The van der Waals surface area contributed by atoms with Crippen LogP contribution in [-0.4, -0.2) is 55.0 Å². The Morgan fingerprint density at radius 1 is 1.25 bits per heavy atom. The van der Waals surface area contributed by atoms with Gasteiger partial charge in [-0.2, -0.15) is 4.98 Å². The van der Waals surface area contributed by atoms with Gasteiger partial charge in [0.2, 0.25) is 11.7 Å². The molecule has 1 atom stereocenters. The SMILES string of the molecule is CCCN(CCC)Cc1nc(-c2ncn3c2[C@@H]2CCCN2C(=O)c2c(Cl)cccc2-3)no1. The number of benzene rings is 1. The summed E-state index contributed by atoms with van der Waals surface area (Å²) in [7, 11) is 0. The largest absolute Gasteiger partial charge is 0.337 e. The van der Waals surface area contributed by atoms with E-state index in [4.69, 9.17) is 16.1 Å². The molecule has 8 nitrogen and oxygen atoms in total. The van der Waals surface area contributed by atoms with E-state index in [2.05, 4.69) is 33.9 Å². The van der Waals surface area contributed by atoms with E-state index < -0.39 is 0 Å². The summed E-state index contributed by atoms with van der Waals surface area (Å²) in [6.07, 6.45) is 5.68. The van der Waals surface area contributed by atoms with Crippen molar-refractivity contribution in [2.45, 2.75) is 52.1 Å². The van der Waals surface area contributed by atoms with Gasteiger partial charge in [-0.05, 0) is 50.9 Å². The summed E-state index contributed by atoms with van der Waals surface area (Å²) in [6.45, 7) is 7.63. The fraction of sp³-hybridized carbons (Fsp3) is 0.478. The second kappa shape index (κ2) is 8.67. The molecule has 0 aliphatic carbocycles. The number of amides is 1. The highest BCUT2D eigenvalue weighted by atomic mass is 35.5. The third kappa shape index (κ3) is 3.51. The van der Waals surface area contributed by atoms with Crippen molar-refractivity contribution in [1.82, 2.24) is 29.5 Å². The van der Waals surface area contributed by atoms with E-state index >= 15 is 0 Å². The number of rotatable bonds is 7. The van der Waals surface area contributed by atoms with Crippen LogP contribution in [0.2, 0.25) is 5.02 Å². The first-order chi connectivity index (χ1) is 15.6. The minimum absolute atomic E-state index is 0.0358. The van der Waals surface area contributed by atoms with Crippen LogP contribution in [0.5, 0.6) is 0 Å². The van der Waals surface area contributed by atoms with Crippen LogP contribution in [0.25, 0.3) is 17.2 Å². The number of hydrogen-bond acceptors (Lipinski definition) is 6. The van der Waals surface area contributed by atoms with E-state index in [0.29, 0.717) is 41.1 Å². The fourth-order valence-electron chi connectivity index (χ4n) is 4.91. The zero-order valence-corrected chi connectivity index (χ0v) is 19.2. The minimum Gasteiger partial charge on any atom is -0.337 e. The molecule has 2 aliphatic heterocycles. The van der Waals surface area contributed by atoms with Gasteiger partial charge in [0, 0.05) is 6.54 Å². The number of imidazole rings is 1. The maximum absolute atomic E-state index is 13.4. The molecule has 1 saturated heterocycles. The highest BCUT2D eigenvalue weighted by Gasteiger charge is 2.40. The highest BCUT2D eigenvalue weighted by molar-refractivity contribution is 6.34. The number of aromatic nitrogens is 4. The standard InChI is InChI=1S/C23H27ClN6O2/c1-3-10-28(11-4-2)13-18-26-22(27-32-18)20-21-17-9-6-12-29(17)23(31)19-15(24)7-5-8-16(19)30(21)14-25-20/h5,7-8,14,17H,3-4,6,9-13H2,1-2H3/t17-/m0/s1. The van der Waals surface area contributed by atoms with E-state index in [-0.39, 0.29) is 11.9 Å². The first-order valence-electron chi connectivity index (χ1n) is 11.3. The normalized spacial score (nSPS) is 17.4. The van der Waals surface area contributed by atoms with Crippen LogP contribution < -0.4 is 0 Å². The maximum Gasteiger partial charge on any atom is 0.258 e. The molecule has 0 N–H and O–H groups in total. The maximum atomic E-state index is 13.4. The molecule has 0 radical (unpaired) electrons. The molecule has 32 heavy (non-hydrogen) atoms. The van der Waals surface area contributed by atoms with Gasteiger partial charge in [-0.15, -0.1) is 0 Å². The molecule has 5 rings (SSSR count). The van der Waals surface area contributed by atoms with Crippen molar-refractivity contribution in [1.29, 1.82) is 0 Å². The zero-order chi connectivity index (χ0) is 22.2. The highest BCUT2D eigenvalue weighted by Crippen LogP contribution is 2.43. The first kappa shape index (κ1) is 21.2. The van der Waals surface area contributed by atoms with Gasteiger partial charge in [0.15, 0.2) is 0 Å². The van der Waals surface area contributed by atoms with Crippen molar-refractivity contribution in [2.24, 2.45) is 0 Å². The Labute approximate surface area is 192 Å². The van der Waals surface area contributed by atoms with Crippen molar-refractivity contribution in [3.63, 3.8) is 0 Å². The predicted octanol–water partition coefficient (Wildman–Crippen LogP) is 4.49. The number of hydrogen-bond donors (Lipinski definition) is 0. The second-order valence-corrected chi connectivity index (χ2v) is 8.83. The summed E-state index contributed by atoms with van der Waals surface area (Å²) in [4.78, 5) is 26.9. The first-order valence-corrected chi connectivity index (χ1v) is 11.7. The summed E-state index contributed by atoms with van der Waals surface area (Å²) < 4.78 is 7.57. The van der Waals surface area contributed by atoms with Crippen molar-refractivity contribution in [2.75, 3.05) is 19.6 Å². The predicted molar refractivity (Wildman–Crippen MR) is 121 cm³/mol. The number of carbonyl (C=O) groups excluding carboxylic acids is 1. The molecule has 0 saturated carbocycles. The van der Waals surface area contributed by atoms with Gasteiger partial charge in [0.05, 0.1) is 34.6 Å². The van der Waals surface area contributed by atoms with E-state index in [1.165, 1.54) is 0 Å². The zero-order valence-electron chi connectivity index (χ0n) is 18.4. The Bertz CT molecular complexity index is 1130. The lowest BCUT2D eigenvalue weighted by molar-refractivity contribution is 0.0739. The Kier molecular flexibility index (Phi) is 5.73. The molecule has 9 heteroatoms. The average molecular weight is 455 g/mol. The molecular weight excluding hydrogens is 428 g/mol. The van der Waals surface area contributed by atoms with Gasteiger partial charge in [0.25, 0.3) is 5.91 Å². The van der Waals surface area contributed by atoms with Crippen LogP contribution in [0, 0.1) is 0 Å². The van der Waals surface area contributed by atoms with Gasteiger partial charge < -0.3 is 9.42 Å². The molecule has 2 aromatic heterocycles. The number of fused-ring (bicyclic) bond motifs is 5. The van der Waals surface area contributed by atoms with Crippen molar-refractivity contribution < 1.29 is 9.32 Å². The molecule has 3 aromatic rings. The van der Waals surface area contributed by atoms with Gasteiger partial charge >= 0.3 is 0 Å². The van der Waals surface area contributed by atoms with Crippen LogP contribution in [0.4, 0.5) is 0 Å². The van der Waals surface area contributed by atoms with Gasteiger partial charge in [-0.3, -0.25) is 14.3 Å². The molecule has 0 spiro atoms. The third-order valence-corrected chi connectivity index (χ3v) is 6.53. The summed E-state index contributed by atoms with van der Waals surface area (Å²) in [5.41, 5.74) is 2.84. The fourth-order valence-corrected chi connectivity index (χ4v) is 5.16. The van der Waals surface area contributed by atoms with E-state index in [0.717, 1.165) is 50.2 Å². The molecular formula is C23H27ClN6O2. The molecule has 168 valence electrons. The molecule has 4 heterocycles. The molecule has 0 bridgehead atoms. The number of carbonyl (C=O) groups is 1. The summed E-state index contributed by atoms with van der Waals surface area (Å²) in [5, 5.41) is 4.71. The van der Waals surface area contributed by atoms with Crippen LogP contribution in [0.15, 0.2) is 29.0 Å². The van der Waals surface area contributed by atoms with Crippen molar-refractivity contribution in [3.05, 3.63) is 46.7 Å². The average Bonchev–Trinajstić information content (AvgIpc) is 3.51. The summed E-state index contributed by atoms with van der Waals surface area (Å²) in [6, 6.07) is 5.43. The quantitative estimate of drug-likeness (QED) is 0.523. The molecule has 1 amide bonds. The Balaban J connectivity index is 1.56. The number of nitrogens with zero attached hydrogens (tertiary/aromatic N) is 6. The number of halogens is 1. The van der Waals surface area contributed by atoms with Crippen LogP contribution in [-0.2, 0) is 6.54 Å². The molecule has 0 unspecified atom stereocenters. The smallest absolute Gasteiger partial charge is 0.258 e. The lowest BCUT2D eigenvalue weighted by Crippen LogP contribution is -2.30. The lowest BCUT2D eigenvalue weighted by Gasteiger charge is -2.22. The summed E-state index contributed by atoms with van der Waals surface area (Å²) in [5.74, 6) is 1.01. The minimum atomic E-state index is -0.0953. The van der Waals surface area contributed by atoms with E-state index in [9.17, 15) is 4.79 Å². The van der Waals surface area contributed by atoms with Crippen LogP contribution in [0.1, 0.15) is 67.5 Å². The van der Waals surface area contributed by atoms with E-state index in [1.54, 1.807) is 12.4 Å². The van der Waals surface area contributed by atoms with Gasteiger partial charge in [0.1, 0.15) is 12.0 Å². The van der Waals surface area contributed by atoms with Crippen LogP contribution >= 0.6 is 11.6 Å². The Morgan fingerprint density at radius 3 is 2.84 bits per heavy atom.